The van der Waals surface area contributed by atoms with Gasteiger partial charge in [0.15, 0.2) is 0 Å². The molecule has 2 N–H and O–H groups in total. The number of hydrogen-bond donors (Lipinski definition) is 1. The Balaban J connectivity index is 2.07. The Labute approximate surface area is 106 Å². The fraction of sp³-hybridized carbons (Fsp3) is 0.429. The van der Waals surface area contributed by atoms with E-state index in [9.17, 15) is 0 Å². The highest BCUT2D eigenvalue weighted by molar-refractivity contribution is 5.75. The number of nitrogens with zero attached hydrogens (tertiary/aromatic N) is 2. The van der Waals surface area contributed by atoms with E-state index in [0.29, 0.717) is 5.88 Å². The molecule has 1 atom stereocenters. The van der Waals surface area contributed by atoms with Gasteiger partial charge in [0.25, 0.3) is 0 Å². The number of methoxy groups -OCH3 is 1. The van der Waals surface area contributed by atoms with E-state index in [-0.39, 0.29) is 11.5 Å². The quantitative estimate of drug-likeness (QED) is 0.895. The monoisotopic (exact) mass is 243 g/mol. The first-order valence-electron chi connectivity index (χ1n) is 6.22. The van der Waals surface area contributed by atoms with Gasteiger partial charge in [-0.1, -0.05) is 6.07 Å². The Bertz CT molecular complexity index is 591. The molecule has 4 nitrogen and oxygen atoms in total. The highest BCUT2D eigenvalue weighted by Crippen LogP contribution is 2.50. The van der Waals surface area contributed by atoms with Gasteiger partial charge >= 0.3 is 0 Å². The SMILES string of the molecule is COc1cnc2cc(C3(C(C)N)CC3)ccc2n1. The predicted molar refractivity (Wildman–Crippen MR) is 70.7 cm³/mol. The molecule has 1 aliphatic carbocycles. The molecule has 1 aromatic heterocycles. The van der Waals surface area contributed by atoms with E-state index < -0.39 is 0 Å². The van der Waals surface area contributed by atoms with Crippen LogP contribution in [0.3, 0.4) is 0 Å². The third-order valence-corrected chi connectivity index (χ3v) is 3.96. The molecule has 1 saturated carbocycles. The van der Waals surface area contributed by atoms with Crippen LogP contribution in [0.4, 0.5) is 0 Å². The molecule has 3 rings (SSSR count). The van der Waals surface area contributed by atoms with E-state index in [4.69, 9.17) is 10.5 Å². The first kappa shape index (κ1) is 11.4. The minimum Gasteiger partial charge on any atom is -0.480 e. The molecule has 1 heterocycles. The van der Waals surface area contributed by atoms with Crippen LogP contribution >= 0.6 is 0 Å². The van der Waals surface area contributed by atoms with Gasteiger partial charge in [0.1, 0.15) is 0 Å². The molecule has 18 heavy (non-hydrogen) atoms. The van der Waals surface area contributed by atoms with Crippen molar-refractivity contribution in [3.63, 3.8) is 0 Å². The predicted octanol–water partition coefficient (Wildman–Crippen LogP) is 2.02. The second-order valence-corrected chi connectivity index (χ2v) is 5.06. The van der Waals surface area contributed by atoms with Crippen molar-refractivity contribution in [3.8, 4) is 5.88 Å². The summed E-state index contributed by atoms with van der Waals surface area (Å²) in [7, 11) is 1.60. The zero-order chi connectivity index (χ0) is 12.8. The molecule has 0 aliphatic heterocycles. The lowest BCUT2D eigenvalue weighted by Crippen LogP contribution is -2.31. The number of hydrogen-bond acceptors (Lipinski definition) is 4. The van der Waals surface area contributed by atoms with Crippen molar-refractivity contribution in [2.45, 2.75) is 31.2 Å². The maximum absolute atomic E-state index is 6.10. The lowest BCUT2D eigenvalue weighted by Gasteiger charge is -2.20. The largest absolute Gasteiger partial charge is 0.480 e. The van der Waals surface area contributed by atoms with E-state index in [0.717, 1.165) is 11.0 Å². The van der Waals surface area contributed by atoms with Gasteiger partial charge < -0.3 is 10.5 Å². The Morgan fingerprint density at radius 2 is 2.11 bits per heavy atom. The van der Waals surface area contributed by atoms with E-state index in [2.05, 4.69) is 29.0 Å². The molecule has 1 fully saturated rings. The topological polar surface area (TPSA) is 61.0 Å². The van der Waals surface area contributed by atoms with Crippen LogP contribution in [0.5, 0.6) is 5.88 Å². The van der Waals surface area contributed by atoms with Crippen molar-refractivity contribution in [1.29, 1.82) is 0 Å². The van der Waals surface area contributed by atoms with Crippen LogP contribution in [0.15, 0.2) is 24.4 Å². The van der Waals surface area contributed by atoms with Crippen LogP contribution in [0.1, 0.15) is 25.3 Å². The maximum Gasteiger partial charge on any atom is 0.232 e. The van der Waals surface area contributed by atoms with E-state index in [1.807, 2.05) is 6.07 Å². The summed E-state index contributed by atoms with van der Waals surface area (Å²) in [6, 6.07) is 6.41. The summed E-state index contributed by atoms with van der Waals surface area (Å²) in [4.78, 5) is 8.75. The molecule has 2 aromatic rings. The van der Waals surface area contributed by atoms with Gasteiger partial charge in [-0.2, -0.15) is 0 Å². The van der Waals surface area contributed by atoms with Gasteiger partial charge in [0.2, 0.25) is 5.88 Å². The van der Waals surface area contributed by atoms with Crippen LogP contribution in [0.25, 0.3) is 11.0 Å². The highest BCUT2D eigenvalue weighted by atomic mass is 16.5. The van der Waals surface area contributed by atoms with Gasteiger partial charge in [0.05, 0.1) is 24.3 Å². The molecule has 0 saturated heterocycles. The molecule has 94 valence electrons. The zero-order valence-electron chi connectivity index (χ0n) is 10.7. The number of fused-ring (bicyclic) bond motifs is 1. The van der Waals surface area contributed by atoms with Crippen LogP contribution in [0.2, 0.25) is 0 Å². The number of aromatic nitrogens is 2. The molecule has 4 heteroatoms. The Morgan fingerprint density at radius 3 is 2.72 bits per heavy atom. The van der Waals surface area contributed by atoms with Crippen molar-refractivity contribution >= 4 is 11.0 Å². The summed E-state index contributed by atoms with van der Waals surface area (Å²) in [6.45, 7) is 2.08. The molecule has 0 amide bonds. The van der Waals surface area contributed by atoms with Gasteiger partial charge in [-0.3, -0.25) is 0 Å². The van der Waals surface area contributed by atoms with Gasteiger partial charge in [-0.15, -0.1) is 0 Å². The smallest absolute Gasteiger partial charge is 0.232 e. The average Bonchev–Trinajstić information content (AvgIpc) is 3.19. The number of rotatable bonds is 3. The normalized spacial score (nSPS) is 18.6. The Kier molecular flexibility index (Phi) is 2.48. The van der Waals surface area contributed by atoms with Crippen molar-refractivity contribution in [1.82, 2.24) is 9.97 Å². The van der Waals surface area contributed by atoms with Crippen molar-refractivity contribution in [2.75, 3.05) is 7.11 Å². The van der Waals surface area contributed by atoms with Gasteiger partial charge in [-0.25, -0.2) is 9.97 Å². The highest BCUT2D eigenvalue weighted by Gasteiger charge is 2.47. The fourth-order valence-corrected chi connectivity index (χ4v) is 2.54. The van der Waals surface area contributed by atoms with E-state index in [1.165, 1.54) is 18.4 Å². The first-order chi connectivity index (χ1) is 8.65. The van der Waals surface area contributed by atoms with Crippen molar-refractivity contribution < 1.29 is 4.74 Å². The molecular weight excluding hydrogens is 226 g/mol. The summed E-state index contributed by atoms with van der Waals surface area (Å²) in [5, 5.41) is 0. The molecular formula is C14H17N3O. The molecule has 1 unspecified atom stereocenters. The van der Waals surface area contributed by atoms with Crippen LogP contribution < -0.4 is 10.5 Å². The summed E-state index contributed by atoms with van der Waals surface area (Å²) in [5.41, 5.74) is 9.31. The molecule has 0 bridgehead atoms. The summed E-state index contributed by atoms with van der Waals surface area (Å²) in [6.07, 6.45) is 3.98. The van der Waals surface area contributed by atoms with Crippen LogP contribution in [-0.2, 0) is 5.41 Å². The van der Waals surface area contributed by atoms with Crippen LogP contribution in [-0.4, -0.2) is 23.1 Å². The molecule has 1 aromatic carbocycles. The first-order valence-corrected chi connectivity index (χ1v) is 6.22. The van der Waals surface area contributed by atoms with E-state index in [1.54, 1.807) is 13.3 Å². The van der Waals surface area contributed by atoms with Gasteiger partial charge in [0, 0.05) is 11.5 Å². The van der Waals surface area contributed by atoms with Gasteiger partial charge in [-0.05, 0) is 37.5 Å². The molecule has 0 spiro atoms. The standard InChI is InChI=1S/C14H17N3O/c1-9(15)14(5-6-14)10-3-4-11-12(7-10)16-8-13(17-11)18-2/h3-4,7-9H,5-6,15H2,1-2H3. The zero-order valence-corrected chi connectivity index (χ0v) is 10.7. The molecule has 0 radical (unpaired) electrons. The minimum atomic E-state index is 0.162. The number of benzene rings is 1. The number of nitrogens with two attached hydrogens (primary N) is 1. The second kappa shape index (κ2) is 3.92. The van der Waals surface area contributed by atoms with Crippen LogP contribution in [0, 0.1) is 0 Å². The van der Waals surface area contributed by atoms with Crippen molar-refractivity contribution in [2.24, 2.45) is 5.73 Å². The fourth-order valence-electron chi connectivity index (χ4n) is 2.54. The number of ether oxygens (including phenoxy) is 1. The third kappa shape index (κ3) is 1.64. The Hall–Kier alpha value is -1.68. The third-order valence-electron chi connectivity index (χ3n) is 3.96. The Morgan fingerprint density at radius 1 is 1.33 bits per heavy atom. The summed E-state index contributed by atoms with van der Waals surface area (Å²) in [5.74, 6) is 0.545. The lowest BCUT2D eigenvalue weighted by molar-refractivity contribution is 0.397. The summed E-state index contributed by atoms with van der Waals surface area (Å²) < 4.78 is 5.08. The lowest BCUT2D eigenvalue weighted by atomic mass is 9.89. The van der Waals surface area contributed by atoms with Crippen molar-refractivity contribution in [3.05, 3.63) is 30.0 Å². The molecule has 1 aliphatic rings. The van der Waals surface area contributed by atoms with E-state index >= 15 is 0 Å². The maximum atomic E-state index is 6.10. The minimum absolute atomic E-state index is 0.162. The second-order valence-electron chi connectivity index (χ2n) is 5.06. The summed E-state index contributed by atoms with van der Waals surface area (Å²) >= 11 is 0. The average molecular weight is 243 g/mol.